The van der Waals surface area contributed by atoms with Crippen LogP contribution in [-0.2, 0) is 4.79 Å². The van der Waals surface area contributed by atoms with E-state index in [1.165, 1.54) is 0 Å². The van der Waals surface area contributed by atoms with Gasteiger partial charge in [0.2, 0.25) is 5.91 Å². The lowest BCUT2D eigenvalue weighted by molar-refractivity contribution is -0.139. The lowest BCUT2D eigenvalue weighted by atomic mass is 9.78. The van der Waals surface area contributed by atoms with Crippen LogP contribution in [0.3, 0.4) is 0 Å². The quantitative estimate of drug-likeness (QED) is 0.888. The zero-order chi connectivity index (χ0) is 18.1. The van der Waals surface area contributed by atoms with Gasteiger partial charge in [0, 0.05) is 31.4 Å². The zero-order valence-corrected chi connectivity index (χ0v) is 15.2. The molecule has 138 valence electrons. The first kappa shape index (κ1) is 17.4. The third-order valence-electron chi connectivity index (χ3n) is 6.59. The smallest absolute Gasteiger partial charge is 0.230 e. The van der Waals surface area contributed by atoms with Crippen molar-refractivity contribution in [2.75, 3.05) is 24.5 Å². The van der Waals surface area contributed by atoms with Crippen LogP contribution in [0, 0.1) is 16.7 Å². The number of hydrogen-bond donors (Lipinski definition) is 1. The number of carbonyl (C=O) groups excluding carboxylic acids is 1. The second kappa shape index (κ2) is 6.92. The molecule has 1 saturated carbocycles. The molecule has 5 heteroatoms. The highest BCUT2D eigenvalue weighted by Gasteiger charge is 2.50. The summed E-state index contributed by atoms with van der Waals surface area (Å²) in [6.07, 6.45) is 6.27. The maximum atomic E-state index is 13.3. The van der Waals surface area contributed by atoms with E-state index >= 15 is 0 Å². The highest BCUT2D eigenvalue weighted by Crippen LogP contribution is 2.43. The lowest BCUT2D eigenvalue weighted by Crippen LogP contribution is -2.50. The first-order valence-corrected chi connectivity index (χ1v) is 9.86. The molecule has 0 bridgehead atoms. The first-order valence-electron chi connectivity index (χ1n) is 9.86. The van der Waals surface area contributed by atoms with Crippen molar-refractivity contribution in [1.82, 2.24) is 4.90 Å². The van der Waals surface area contributed by atoms with Crippen molar-refractivity contribution >= 4 is 11.6 Å². The molecular formula is C21H27N3O2. The Hall–Kier alpha value is -2.06. The average molecular weight is 353 g/mol. The number of nitrogens with zero attached hydrogens (tertiary/aromatic N) is 3. The summed E-state index contributed by atoms with van der Waals surface area (Å²) in [5.74, 6) is 0.331. The van der Waals surface area contributed by atoms with Crippen LogP contribution in [0.1, 0.15) is 50.5 Å². The van der Waals surface area contributed by atoms with Crippen LogP contribution in [0.2, 0.25) is 0 Å². The fourth-order valence-electron chi connectivity index (χ4n) is 5.04. The van der Waals surface area contributed by atoms with Gasteiger partial charge < -0.3 is 14.9 Å². The molecule has 2 saturated heterocycles. The topological polar surface area (TPSA) is 67.6 Å². The number of likely N-dealkylation sites (tertiary alicyclic amines) is 1. The predicted octanol–water partition coefficient (Wildman–Crippen LogP) is 2.68. The maximum absolute atomic E-state index is 13.3. The van der Waals surface area contributed by atoms with Gasteiger partial charge in [-0.2, -0.15) is 5.26 Å². The average Bonchev–Trinajstić information content (AvgIpc) is 2.98. The monoisotopic (exact) mass is 353 g/mol. The van der Waals surface area contributed by atoms with Gasteiger partial charge in [0.25, 0.3) is 0 Å². The second-order valence-electron chi connectivity index (χ2n) is 8.18. The normalized spacial score (nSPS) is 32.1. The number of aliphatic hydroxyl groups is 1. The number of piperidine rings is 1. The Kier molecular flexibility index (Phi) is 4.62. The molecule has 1 amide bonds. The second-order valence-corrected chi connectivity index (χ2v) is 8.18. The molecule has 2 heterocycles. The molecule has 26 heavy (non-hydrogen) atoms. The number of hydrogen-bond acceptors (Lipinski definition) is 4. The van der Waals surface area contributed by atoms with Gasteiger partial charge in [-0.15, -0.1) is 0 Å². The Balaban J connectivity index is 1.48. The summed E-state index contributed by atoms with van der Waals surface area (Å²) in [5.41, 5.74) is 1.53. The minimum Gasteiger partial charge on any atom is -0.393 e. The van der Waals surface area contributed by atoms with Crippen LogP contribution in [0.15, 0.2) is 24.3 Å². The lowest BCUT2D eigenvalue weighted by Gasteiger charge is -2.41. The molecule has 0 radical (unpaired) electrons. The molecule has 3 aliphatic rings. The zero-order valence-electron chi connectivity index (χ0n) is 15.2. The van der Waals surface area contributed by atoms with Crippen LogP contribution in [0.5, 0.6) is 0 Å². The summed E-state index contributed by atoms with van der Waals surface area (Å²) < 4.78 is 0. The summed E-state index contributed by atoms with van der Waals surface area (Å²) in [6, 6.07) is 10.2. The van der Waals surface area contributed by atoms with Crippen molar-refractivity contribution in [1.29, 1.82) is 5.26 Å². The fraction of sp³-hybridized carbons (Fsp3) is 0.619. The van der Waals surface area contributed by atoms with Gasteiger partial charge in [0.1, 0.15) is 0 Å². The van der Waals surface area contributed by atoms with E-state index in [9.17, 15) is 9.90 Å². The SMILES string of the molecule is N#Cc1ccc(N2CCCC3(CCN(C4CCC(O)CC4)C3=O)C2)cc1. The van der Waals surface area contributed by atoms with Gasteiger partial charge in [-0.3, -0.25) is 4.79 Å². The maximum Gasteiger partial charge on any atom is 0.230 e. The van der Waals surface area contributed by atoms with Crippen LogP contribution in [-0.4, -0.2) is 47.7 Å². The minimum atomic E-state index is -0.248. The predicted molar refractivity (Wildman–Crippen MR) is 99.6 cm³/mol. The standard InChI is InChI=1S/C21H27N3O2/c22-14-16-2-4-17(5-3-16)23-12-1-10-21(15-23)11-13-24(20(21)26)18-6-8-19(25)9-7-18/h2-5,18-19,25H,1,6-13,15H2. The van der Waals surface area contributed by atoms with E-state index in [0.717, 1.165) is 70.3 Å². The molecule has 5 nitrogen and oxygen atoms in total. The van der Waals surface area contributed by atoms with Gasteiger partial charge in [0.05, 0.1) is 23.2 Å². The van der Waals surface area contributed by atoms with Gasteiger partial charge in [-0.25, -0.2) is 0 Å². The van der Waals surface area contributed by atoms with E-state index in [-0.39, 0.29) is 11.5 Å². The number of amides is 1. The molecule has 1 spiro atoms. The van der Waals surface area contributed by atoms with Gasteiger partial charge >= 0.3 is 0 Å². The Labute approximate surface area is 155 Å². The van der Waals surface area contributed by atoms with Crippen molar-refractivity contribution in [3.63, 3.8) is 0 Å². The Morgan fingerprint density at radius 3 is 2.50 bits per heavy atom. The van der Waals surface area contributed by atoms with E-state index < -0.39 is 0 Å². The Morgan fingerprint density at radius 1 is 1.08 bits per heavy atom. The molecule has 1 aliphatic carbocycles. The molecule has 1 atom stereocenters. The van der Waals surface area contributed by atoms with E-state index in [4.69, 9.17) is 5.26 Å². The third-order valence-corrected chi connectivity index (χ3v) is 6.59. The Morgan fingerprint density at radius 2 is 1.81 bits per heavy atom. The van der Waals surface area contributed by atoms with Crippen LogP contribution < -0.4 is 4.90 Å². The third kappa shape index (κ3) is 3.07. The summed E-state index contributed by atoms with van der Waals surface area (Å²) >= 11 is 0. The molecule has 1 unspecified atom stereocenters. The highest BCUT2D eigenvalue weighted by molar-refractivity contribution is 5.86. The van der Waals surface area contributed by atoms with E-state index in [1.807, 2.05) is 24.3 Å². The molecule has 0 aromatic heterocycles. The molecule has 1 aromatic carbocycles. The molecule has 2 aliphatic heterocycles. The summed E-state index contributed by atoms with van der Waals surface area (Å²) in [6.45, 7) is 2.61. The molecule has 1 aromatic rings. The Bertz CT molecular complexity index is 703. The van der Waals surface area contributed by atoms with Crippen molar-refractivity contribution in [2.24, 2.45) is 5.41 Å². The highest BCUT2D eigenvalue weighted by atomic mass is 16.3. The van der Waals surface area contributed by atoms with Gasteiger partial charge in [0.15, 0.2) is 0 Å². The van der Waals surface area contributed by atoms with Crippen molar-refractivity contribution in [3.8, 4) is 6.07 Å². The number of nitriles is 1. The fourth-order valence-corrected chi connectivity index (χ4v) is 5.04. The van der Waals surface area contributed by atoms with E-state index in [2.05, 4.69) is 15.9 Å². The van der Waals surface area contributed by atoms with Gasteiger partial charge in [-0.1, -0.05) is 0 Å². The number of aliphatic hydroxyl groups excluding tert-OH is 1. The molecule has 3 fully saturated rings. The summed E-state index contributed by atoms with van der Waals surface area (Å²) in [5, 5.41) is 18.7. The molecule has 1 N–H and O–H groups in total. The van der Waals surface area contributed by atoms with Crippen LogP contribution >= 0.6 is 0 Å². The summed E-state index contributed by atoms with van der Waals surface area (Å²) in [7, 11) is 0. The van der Waals surface area contributed by atoms with Gasteiger partial charge in [-0.05, 0) is 69.2 Å². The number of carbonyl (C=O) groups is 1. The molecular weight excluding hydrogens is 326 g/mol. The largest absolute Gasteiger partial charge is 0.393 e. The van der Waals surface area contributed by atoms with Crippen molar-refractivity contribution < 1.29 is 9.90 Å². The molecule has 4 rings (SSSR count). The van der Waals surface area contributed by atoms with E-state index in [0.29, 0.717) is 17.5 Å². The van der Waals surface area contributed by atoms with Crippen LogP contribution in [0.25, 0.3) is 0 Å². The number of rotatable bonds is 2. The summed E-state index contributed by atoms with van der Waals surface area (Å²) in [4.78, 5) is 17.8. The van der Waals surface area contributed by atoms with Crippen molar-refractivity contribution in [3.05, 3.63) is 29.8 Å². The number of benzene rings is 1. The van der Waals surface area contributed by atoms with Crippen LogP contribution in [0.4, 0.5) is 5.69 Å². The van der Waals surface area contributed by atoms with E-state index in [1.54, 1.807) is 0 Å². The number of anilines is 1. The van der Waals surface area contributed by atoms with Crippen molar-refractivity contribution in [2.45, 2.75) is 57.1 Å². The first-order chi connectivity index (χ1) is 12.6. The minimum absolute atomic E-state index is 0.181.